The molecule has 0 spiro atoms. The first-order valence-electron chi connectivity index (χ1n) is 4.74. The Hall–Kier alpha value is -0.540. The molecule has 7 heteroatoms. The number of carbonyl (C=O) groups excluding carboxylic acids is 1. The fourth-order valence-corrected chi connectivity index (χ4v) is 1.78. The van der Waals surface area contributed by atoms with Gasteiger partial charge in [0.05, 0.1) is 17.2 Å². The molecule has 0 saturated carbocycles. The van der Waals surface area contributed by atoms with Crippen LogP contribution in [0.4, 0.5) is 0 Å². The van der Waals surface area contributed by atoms with Gasteiger partial charge in [0.1, 0.15) is 12.2 Å². The van der Waals surface area contributed by atoms with E-state index >= 15 is 0 Å². The third-order valence-electron chi connectivity index (χ3n) is 1.95. The quantitative estimate of drug-likeness (QED) is 0.515. The second-order valence-corrected chi connectivity index (χ2v) is 4.25. The number of methoxy groups -OCH3 is 1. The summed E-state index contributed by atoms with van der Waals surface area (Å²) in [6.07, 6.45) is 0. The number of benzene rings is 1. The van der Waals surface area contributed by atoms with E-state index in [1.165, 1.54) is 13.2 Å². The predicted octanol–water partition coefficient (Wildman–Crippen LogP) is 2.54. The van der Waals surface area contributed by atoms with E-state index in [4.69, 9.17) is 32.7 Å². The molecule has 4 nitrogen and oxygen atoms in total. The number of esters is 1. The second kappa shape index (κ2) is 7.02. The van der Waals surface area contributed by atoms with Crippen LogP contribution in [0.15, 0.2) is 12.1 Å². The highest BCUT2D eigenvalue weighted by atomic mass is 35.5. The summed E-state index contributed by atoms with van der Waals surface area (Å²) in [6, 6.07) is 3.08. The lowest BCUT2D eigenvalue weighted by molar-refractivity contribution is 0.0510. The molecule has 1 aromatic rings. The summed E-state index contributed by atoms with van der Waals surface area (Å²) < 4.78 is 10.1. The van der Waals surface area contributed by atoms with Gasteiger partial charge in [-0.3, -0.25) is 5.09 Å². The lowest BCUT2D eigenvalue weighted by Crippen LogP contribution is -2.15. The number of nitrogens with one attached hydrogen (secondary N) is 1. The summed E-state index contributed by atoms with van der Waals surface area (Å²) in [7, 11) is 3.73. The molecule has 1 N–H and O–H groups in total. The molecule has 1 unspecified atom stereocenters. The van der Waals surface area contributed by atoms with Gasteiger partial charge < -0.3 is 9.47 Å². The van der Waals surface area contributed by atoms with Gasteiger partial charge in [-0.1, -0.05) is 32.6 Å². The smallest absolute Gasteiger partial charge is 0.343 e. The summed E-state index contributed by atoms with van der Waals surface area (Å²) in [6.45, 7) is 0.755. The van der Waals surface area contributed by atoms with E-state index in [1.54, 1.807) is 6.07 Å². The largest absolute Gasteiger partial charge is 0.494 e. The normalized spacial score (nSPS) is 10.1. The molecule has 0 aliphatic rings. The molecule has 1 atom stereocenters. The van der Waals surface area contributed by atoms with Crippen LogP contribution in [0.3, 0.4) is 0 Å². The Morgan fingerprint density at radius 2 is 2.06 bits per heavy atom. The predicted molar refractivity (Wildman–Crippen MR) is 71.0 cm³/mol. The summed E-state index contributed by atoms with van der Waals surface area (Å²) >= 11 is 11.8. The zero-order valence-corrected chi connectivity index (χ0v) is 11.8. The molecular formula is C10H12Cl2NO3P. The first-order chi connectivity index (χ1) is 8.11. The average Bonchev–Trinajstić information content (AvgIpc) is 2.31. The minimum Gasteiger partial charge on any atom is -0.494 e. The maximum Gasteiger partial charge on any atom is 0.343 e. The van der Waals surface area contributed by atoms with Gasteiger partial charge in [-0.25, -0.2) is 4.79 Å². The lowest BCUT2D eigenvalue weighted by Gasteiger charge is -2.11. The van der Waals surface area contributed by atoms with Crippen molar-refractivity contribution in [3.05, 3.63) is 27.7 Å². The van der Waals surface area contributed by atoms with Crippen LogP contribution in [0.2, 0.25) is 10.0 Å². The van der Waals surface area contributed by atoms with Crippen molar-refractivity contribution in [2.24, 2.45) is 0 Å². The standard InChI is InChI=1S/C10H12Cl2NO3P/c1-15-9-7(12)3-2-6(11)8(9)10(14)16-5-4-13-17/h2-3,13H,4-5,17H2,1H3. The fraction of sp³-hybridized carbons (Fsp3) is 0.300. The van der Waals surface area contributed by atoms with Crippen molar-refractivity contribution in [3.63, 3.8) is 0 Å². The van der Waals surface area contributed by atoms with Crippen LogP contribution < -0.4 is 9.82 Å². The van der Waals surface area contributed by atoms with Gasteiger partial charge in [0.25, 0.3) is 0 Å². The highest BCUT2D eigenvalue weighted by Gasteiger charge is 2.20. The van der Waals surface area contributed by atoms with Gasteiger partial charge >= 0.3 is 5.97 Å². The Balaban J connectivity index is 2.95. The highest BCUT2D eigenvalue weighted by molar-refractivity contribution is 7.13. The van der Waals surface area contributed by atoms with Gasteiger partial charge in [-0.2, -0.15) is 0 Å². The molecule has 0 aliphatic heterocycles. The fourth-order valence-electron chi connectivity index (χ4n) is 1.20. The number of carbonyl (C=O) groups is 1. The van der Waals surface area contributed by atoms with Crippen molar-refractivity contribution in [1.29, 1.82) is 0 Å². The molecule has 0 aromatic heterocycles. The Labute approximate surface area is 112 Å². The van der Waals surface area contributed by atoms with Gasteiger partial charge in [-0.05, 0) is 12.1 Å². The number of rotatable bonds is 5. The van der Waals surface area contributed by atoms with E-state index in [0.29, 0.717) is 11.6 Å². The van der Waals surface area contributed by atoms with Gasteiger partial charge in [0, 0.05) is 6.54 Å². The maximum atomic E-state index is 11.8. The molecule has 0 heterocycles. The molecule has 94 valence electrons. The van der Waals surface area contributed by atoms with Crippen molar-refractivity contribution >= 4 is 38.6 Å². The Morgan fingerprint density at radius 3 is 2.65 bits per heavy atom. The van der Waals surface area contributed by atoms with Crippen LogP contribution in [0, 0.1) is 0 Å². The Bertz CT molecular complexity index is 415. The topological polar surface area (TPSA) is 47.6 Å². The summed E-state index contributed by atoms with van der Waals surface area (Å²) in [5.41, 5.74) is 0.144. The molecule has 17 heavy (non-hydrogen) atoms. The first kappa shape index (κ1) is 14.5. The monoisotopic (exact) mass is 295 g/mol. The maximum absolute atomic E-state index is 11.8. The summed E-state index contributed by atoms with van der Waals surface area (Å²) in [5.74, 6) is -0.336. The molecule has 0 aliphatic carbocycles. The molecule has 0 amide bonds. The molecular weight excluding hydrogens is 284 g/mol. The van der Waals surface area contributed by atoms with E-state index in [9.17, 15) is 4.79 Å². The van der Waals surface area contributed by atoms with Crippen molar-refractivity contribution < 1.29 is 14.3 Å². The van der Waals surface area contributed by atoms with E-state index in [2.05, 4.69) is 14.5 Å². The lowest BCUT2D eigenvalue weighted by atomic mass is 10.2. The molecule has 0 radical (unpaired) electrons. The van der Waals surface area contributed by atoms with Crippen LogP contribution in [0.1, 0.15) is 10.4 Å². The summed E-state index contributed by atoms with van der Waals surface area (Å²) in [5, 5.41) is 3.34. The van der Waals surface area contributed by atoms with Crippen LogP contribution in [-0.2, 0) is 4.74 Å². The van der Waals surface area contributed by atoms with E-state index in [0.717, 1.165) is 0 Å². The third kappa shape index (κ3) is 3.71. The van der Waals surface area contributed by atoms with Gasteiger partial charge in [-0.15, -0.1) is 0 Å². The molecule has 1 rings (SSSR count). The molecule has 1 aromatic carbocycles. The SMILES string of the molecule is COc1c(Cl)ccc(Cl)c1C(=O)OCCNP. The van der Waals surface area contributed by atoms with Crippen molar-refractivity contribution in [3.8, 4) is 5.75 Å². The van der Waals surface area contributed by atoms with Gasteiger partial charge in [0.2, 0.25) is 0 Å². The Kier molecular flexibility index (Phi) is 6.00. The first-order valence-corrected chi connectivity index (χ1v) is 6.07. The zero-order valence-electron chi connectivity index (χ0n) is 9.13. The third-order valence-corrected chi connectivity index (χ3v) is 2.85. The number of halogens is 2. The van der Waals surface area contributed by atoms with Crippen LogP contribution in [0.25, 0.3) is 0 Å². The van der Waals surface area contributed by atoms with Crippen LogP contribution in [-0.4, -0.2) is 26.2 Å². The second-order valence-electron chi connectivity index (χ2n) is 3.03. The minimum absolute atomic E-state index is 0.144. The average molecular weight is 296 g/mol. The number of hydrogen-bond donors (Lipinski definition) is 1. The summed E-state index contributed by atoms with van der Waals surface area (Å²) in [4.78, 5) is 11.8. The van der Waals surface area contributed by atoms with Crippen LogP contribution >= 0.6 is 32.6 Å². The van der Waals surface area contributed by atoms with E-state index in [-0.39, 0.29) is 22.9 Å². The zero-order chi connectivity index (χ0) is 12.8. The van der Waals surface area contributed by atoms with Crippen molar-refractivity contribution in [1.82, 2.24) is 5.09 Å². The number of ether oxygens (including phenoxy) is 2. The minimum atomic E-state index is -0.561. The van der Waals surface area contributed by atoms with Crippen molar-refractivity contribution in [2.75, 3.05) is 20.3 Å². The molecule has 0 saturated heterocycles. The Morgan fingerprint density at radius 1 is 1.41 bits per heavy atom. The van der Waals surface area contributed by atoms with Crippen molar-refractivity contribution in [2.45, 2.75) is 0 Å². The van der Waals surface area contributed by atoms with E-state index < -0.39 is 5.97 Å². The highest BCUT2D eigenvalue weighted by Crippen LogP contribution is 2.34. The van der Waals surface area contributed by atoms with Gasteiger partial charge in [0.15, 0.2) is 5.75 Å². The van der Waals surface area contributed by atoms with E-state index in [1.807, 2.05) is 0 Å². The van der Waals surface area contributed by atoms with Crippen LogP contribution in [0.5, 0.6) is 5.75 Å². The molecule has 0 fully saturated rings. The molecule has 0 bridgehead atoms. The number of hydrogen-bond acceptors (Lipinski definition) is 4.